The summed E-state index contributed by atoms with van der Waals surface area (Å²) in [5.74, 6) is 0.0639. The molecule has 0 aromatic heterocycles. The average Bonchev–Trinajstić information content (AvgIpc) is 2.69. The Kier molecular flexibility index (Phi) is 6.94. The Morgan fingerprint density at radius 1 is 1.07 bits per heavy atom. The molecule has 146 valence electrons. The summed E-state index contributed by atoms with van der Waals surface area (Å²) >= 11 is 11.1. The van der Waals surface area contributed by atoms with Gasteiger partial charge in [-0.25, -0.2) is 4.79 Å². The smallest absolute Gasteiger partial charge is 0.343 e. The van der Waals surface area contributed by atoms with Gasteiger partial charge in [0.05, 0.1) is 11.8 Å². The van der Waals surface area contributed by atoms with E-state index in [1.54, 1.807) is 54.7 Å². The first-order valence-electron chi connectivity index (χ1n) is 8.74. The molecule has 0 spiro atoms. The summed E-state index contributed by atoms with van der Waals surface area (Å²) in [6.45, 7) is 1.93. The molecule has 0 heterocycles. The van der Waals surface area contributed by atoms with Crippen molar-refractivity contribution < 1.29 is 9.53 Å². The third kappa shape index (κ3) is 6.41. The Labute approximate surface area is 179 Å². The van der Waals surface area contributed by atoms with Gasteiger partial charge in [-0.1, -0.05) is 35.4 Å². The summed E-state index contributed by atoms with van der Waals surface area (Å²) < 4.78 is 5.39. The number of thiocarbonyl (C=S) groups is 1. The number of hydrogen-bond acceptors (Lipinski definition) is 4. The molecule has 3 rings (SSSR count). The zero-order valence-electron chi connectivity index (χ0n) is 15.6. The van der Waals surface area contributed by atoms with Crippen molar-refractivity contribution in [2.45, 2.75) is 6.92 Å². The van der Waals surface area contributed by atoms with E-state index >= 15 is 0 Å². The average molecular weight is 424 g/mol. The molecule has 7 heteroatoms. The second-order valence-electron chi connectivity index (χ2n) is 6.16. The number of ether oxygens (including phenoxy) is 1. The first-order valence-corrected chi connectivity index (χ1v) is 9.53. The van der Waals surface area contributed by atoms with Crippen molar-refractivity contribution >= 4 is 46.8 Å². The number of benzene rings is 3. The Morgan fingerprint density at radius 3 is 2.55 bits per heavy atom. The normalized spacial score (nSPS) is 10.6. The van der Waals surface area contributed by atoms with Gasteiger partial charge in [-0.05, 0) is 79.3 Å². The topological polar surface area (TPSA) is 62.7 Å². The fourth-order valence-corrected chi connectivity index (χ4v) is 2.81. The molecule has 2 N–H and O–H groups in total. The quantitative estimate of drug-likeness (QED) is 0.194. The van der Waals surface area contributed by atoms with Gasteiger partial charge in [-0.3, -0.25) is 5.43 Å². The first-order chi connectivity index (χ1) is 14.0. The predicted octanol–water partition coefficient (Wildman–Crippen LogP) is 5.19. The van der Waals surface area contributed by atoms with Crippen molar-refractivity contribution in [2.24, 2.45) is 5.10 Å². The first kappa shape index (κ1) is 20.5. The van der Waals surface area contributed by atoms with Gasteiger partial charge in [-0.15, -0.1) is 0 Å². The second-order valence-corrected chi connectivity index (χ2v) is 7.01. The molecule has 0 radical (unpaired) electrons. The van der Waals surface area contributed by atoms with Crippen LogP contribution in [0.4, 0.5) is 5.69 Å². The summed E-state index contributed by atoms with van der Waals surface area (Å²) in [7, 11) is 0. The van der Waals surface area contributed by atoms with E-state index in [4.69, 9.17) is 28.6 Å². The number of carbonyl (C=O) groups excluding carboxylic acids is 1. The van der Waals surface area contributed by atoms with E-state index in [2.05, 4.69) is 15.8 Å². The van der Waals surface area contributed by atoms with Crippen LogP contribution < -0.4 is 15.5 Å². The number of anilines is 1. The Bertz CT molecular complexity index is 1050. The van der Waals surface area contributed by atoms with E-state index in [1.807, 2.05) is 31.2 Å². The fourth-order valence-electron chi connectivity index (χ4n) is 2.45. The van der Waals surface area contributed by atoms with Gasteiger partial charge in [0.1, 0.15) is 5.75 Å². The van der Waals surface area contributed by atoms with E-state index in [0.29, 0.717) is 21.4 Å². The van der Waals surface area contributed by atoms with Crippen LogP contribution in [0.5, 0.6) is 5.75 Å². The standard InChI is InChI=1S/C22H18ClN3O2S/c1-15-4-2-5-17(12-15)21(27)28-20-10-8-16(9-11-20)14-24-26-22(29)25-19-7-3-6-18(23)13-19/h2-14H,1H3,(H2,25,26,29). The van der Waals surface area contributed by atoms with Gasteiger partial charge < -0.3 is 10.1 Å². The number of aryl methyl sites for hydroxylation is 1. The maximum absolute atomic E-state index is 12.2. The number of rotatable bonds is 5. The van der Waals surface area contributed by atoms with Crippen LogP contribution in [-0.2, 0) is 0 Å². The molecule has 5 nitrogen and oxygen atoms in total. The van der Waals surface area contributed by atoms with E-state index < -0.39 is 5.97 Å². The highest BCUT2D eigenvalue weighted by Crippen LogP contribution is 2.15. The Balaban J connectivity index is 1.52. The van der Waals surface area contributed by atoms with Crippen molar-refractivity contribution in [1.29, 1.82) is 0 Å². The molecule has 3 aromatic rings. The van der Waals surface area contributed by atoms with Crippen molar-refractivity contribution in [3.8, 4) is 5.75 Å². The fraction of sp³-hybridized carbons (Fsp3) is 0.0455. The minimum absolute atomic E-state index is 0.340. The van der Waals surface area contributed by atoms with Crippen molar-refractivity contribution in [3.05, 3.63) is 94.5 Å². The number of hydrogen-bond donors (Lipinski definition) is 2. The largest absolute Gasteiger partial charge is 0.423 e. The summed E-state index contributed by atoms with van der Waals surface area (Å²) in [6.07, 6.45) is 1.61. The van der Waals surface area contributed by atoms with Crippen LogP contribution >= 0.6 is 23.8 Å². The number of esters is 1. The predicted molar refractivity (Wildman–Crippen MR) is 121 cm³/mol. The zero-order chi connectivity index (χ0) is 20.6. The van der Waals surface area contributed by atoms with Gasteiger partial charge in [0.25, 0.3) is 0 Å². The third-order valence-electron chi connectivity index (χ3n) is 3.81. The minimum Gasteiger partial charge on any atom is -0.423 e. The van der Waals surface area contributed by atoms with Crippen molar-refractivity contribution in [3.63, 3.8) is 0 Å². The molecule has 0 aliphatic rings. The van der Waals surface area contributed by atoms with Crippen LogP contribution in [0.3, 0.4) is 0 Å². The van der Waals surface area contributed by atoms with Crippen LogP contribution in [0.2, 0.25) is 5.02 Å². The molecule has 3 aromatic carbocycles. The second kappa shape index (κ2) is 9.82. The highest BCUT2D eigenvalue weighted by molar-refractivity contribution is 7.80. The molecular weight excluding hydrogens is 406 g/mol. The highest BCUT2D eigenvalue weighted by atomic mass is 35.5. The van der Waals surface area contributed by atoms with Crippen molar-refractivity contribution in [2.75, 3.05) is 5.32 Å². The molecule has 0 amide bonds. The molecule has 0 saturated carbocycles. The highest BCUT2D eigenvalue weighted by Gasteiger charge is 2.08. The Hall–Kier alpha value is -3.22. The summed E-state index contributed by atoms with van der Waals surface area (Å²) in [5, 5.41) is 8.03. The van der Waals surface area contributed by atoms with Crippen molar-refractivity contribution in [1.82, 2.24) is 5.43 Å². The molecule has 0 bridgehead atoms. The maximum Gasteiger partial charge on any atom is 0.343 e. The van der Waals surface area contributed by atoms with Gasteiger partial charge in [-0.2, -0.15) is 5.10 Å². The number of nitrogens with zero attached hydrogens (tertiary/aromatic N) is 1. The van der Waals surface area contributed by atoms with E-state index in [0.717, 1.165) is 16.8 Å². The van der Waals surface area contributed by atoms with E-state index in [1.165, 1.54) is 0 Å². The lowest BCUT2D eigenvalue weighted by atomic mass is 10.1. The van der Waals surface area contributed by atoms with E-state index in [-0.39, 0.29) is 0 Å². The van der Waals surface area contributed by atoms with E-state index in [9.17, 15) is 4.79 Å². The third-order valence-corrected chi connectivity index (χ3v) is 4.24. The molecular formula is C22H18ClN3O2S. The monoisotopic (exact) mass is 423 g/mol. The molecule has 0 aliphatic heterocycles. The van der Waals surface area contributed by atoms with Crippen LogP contribution in [-0.4, -0.2) is 17.3 Å². The number of nitrogens with one attached hydrogen (secondary N) is 2. The van der Waals surface area contributed by atoms with Gasteiger partial charge in [0, 0.05) is 10.7 Å². The summed E-state index contributed by atoms with van der Waals surface area (Å²) in [5.41, 5.74) is 5.84. The molecule has 0 aliphatic carbocycles. The molecule has 0 unspecified atom stereocenters. The maximum atomic E-state index is 12.2. The van der Waals surface area contributed by atoms with Gasteiger partial charge in [0.2, 0.25) is 0 Å². The lowest BCUT2D eigenvalue weighted by Gasteiger charge is -2.07. The SMILES string of the molecule is Cc1cccc(C(=O)Oc2ccc(C=NNC(=S)Nc3cccc(Cl)c3)cc2)c1. The molecule has 0 saturated heterocycles. The Morgan fingerprint density at radius 2 is 1.83 bits per heavy atom. The number of hydrazone groups is 1. The zero-order valence-corrected chi connectivity index (χ0v) is 17.1. The summed E-state index contributed by atoms with van der Waals surface area (Å²) in [6, 6.07) is 21.5. The van der Waals surface area contributed by atoms with Crippen LogP contribution in [0.1, 0.15) is 21.5 Å². The number of carbonyl (C=O) groups is 1. The lowest BCUT2D eigenvalue weighted by Crippen LogP contribution is -2.23. The summed E-state index contributed by atoms with van der Waals surface area (Å²) in [4.78, 5) is 12.2. The van der Waals surface area contributed by atoms with Crippen LogP contribution in [0.25, 0.3) is 0 Å². The van der Waals surface area contributed by atoms with Gasteiger partial charge in [0.15, 0.2) is 5.11 Å². The van der Waals surface area contributed by atoms with Crippen LogP contribution in [0, 0.1) is 6.92 Å². The molecule has 0 fully saturated rings. The van der Waals surface area contributed by atoms with Crippen LogP contribution in [0.15, 0.2) is 77.9 Å². The van der Waals surface area contributed by atoms with Gasteiger partial charge >= 0.3 is 5.97 Å². The minimum atomic E-state index is -0.394. The lowest BCUT2D eigenvalue weighted by molar-refractivity contribution is 0.0734. The molecule has 0 atom stereocenters. The molecule has 29 heavy (non-hydrogen) atoms. The number of halogens is 1.